The second-order valence-corrected chi connectivity index (χ2v) is 5.68. The number of halogens is 3. The maximum atomic E-state index is 13.8. The Balaban J connectivity index is 1.98. The monoisotopic (exact) mass is 339 g/mol. The summed E-state index contributed by atoms with van der Waals surface area (Å²) in [6.07, 6.45) is 0. The molecule has 0 atom stereocenters. The van der Waals surface area contributed by atoms with Gasteiger partial charge in [0.05, 0.1) is 11.4 Å². The summed E-state index contributed by atoms with van der Waals surface area (Å²) in [5.74, 6) is -3.22. The summed E-state index contributed by atoms with van der Waals surface area (Å²) in [6.45, 7) is 1.33. The predicted octanol–water partition coefficient (Wildman–Crippen LogP) is 4.04. The Kier molecular flexibility index (Phi) is 5.44. The van der Waals surface area contributed by atoms with Crippen LogP contribution in [0.3, 0.4) is 0 Å². The van der Waals surface area contributed by atoms with E-state index in [1.807, 2.05) is 0 Å². The summed E-state index contributed by atoms with van der Waals surface area (Å²) >= 11 is 0.909. The summed E-state index contributed by atoms with van der Waals surface area (Å²) in [7, 11) is 0. The number of thioether (sulfide) groups is 1. The van der Waals surface area contributed by atoms with E-state index in [4.69, 9.17) is 0 Å². The molecule has 0 saturated heterocycles. The summed E-state index contributed by atoms with van der Waals surface area (Å²) in [4.78, 5) is 23.1. The number of amides is 1. The smallest absolute Gasteiger partial charge is 0.234 e. The third-order valence-electron chi connectivity index (χ3n) is 2.90. The number of hydrogen-bond donors (Lipinski definition) is 1. The summed E-state index contributed by atoms with van der Waals surface area (Å²) in [6, 6.07) is 6.75. The van der Waals surface area contributed by atoms with Crippen molar-refractivity contribution >= 4 is 29.1 Å². The number of carbonyl (C=O) groups is 2. The maximum Gasteiger partial charge on any atom is 0.234 e. The van der Waals surface area contributed by atoms with Gasteiger partial charge in [-0.2, -0.15) is 0 Å². The van der Waals surface area contributed by atoms with Crippen LogP contribution in [0, 0.1) is 17.5 Å². The molecule has 0 saturated carbocycles. The van der Waals surface area contributed by atoms with E-state index in [0.29, 0.717) is 6.07 Å². The second kappa shape index (κ2) is 7.32. The van der Waals surface area contributed by atoms with Crippen LogP contribution in [0.2, 0.25) is 0 Å². The maximum absolute atomic E-state index is 13.8. The Hall–Kier alpha value is -2.28. The number of benzene rings is 2. The van der Waals surface area contributed by atoms with Crippen LogP contribution in [0.5, 0.6) is 0 Å². The van der Waals surface area contributed by atoms with E-state index in [9.17, 15) is 22.8 Å². The number of anilines is 1. The molecule has 0 spiro atoms. The SMILES string of the molecule is CC(=O)c1ccc(SCC(=O)Nc2ccc(F)cc2F)c(F)c1. The molecule has 0 aliphatic heterocycles. The van der Waals surface area contributed by atoms with Crippen LogP contribution < -0.4 is 5.32 Å². The molecule has 0 radical (unpaired) electrons. The number of rotatable bonds is 5. The molecule has 0 unspecified atom stereocenters. The van der Waals surface area contributed by atoms with E-state index in [1.165, 1.54) is 19.1 Å². The molecule has 7 heteroatoms. The fourth-order valence-electron chi connectivity index (χ4n) is 1.76. The van der Waals surface area contributed by atoms with Gasteiger partial charge in [0, 0.05) is 16.5 Å². The summed E-state index contributed by atoms with van der Waals surface area (Å²) in [5, 5.41) is 2.28. The molecular formula is C16H12F3NO2S. The molecule has 0 aliphatic carbocycles. The quantitative estimate of drug-likeness (QED) is 0.661. The third-order valence-corrected chi connectivity index (χ3v) is 3.95. The van der Waals surface area contributed by atoms with Gasteiger partial charge in [0.25, 0.3) is 0 Å². The van der Waals surface area contributed by atoms with E-state index in [-0.39, 0.29) is 27.7 Å². The lowest BCUT2D eigenvalue weighted by Gasteiger charge is -2.07. The van der Waals surface area contributed by atoms with Crippen molar-refractivity contribution in [1.82, 2.24) is 0 Å². The van der Waals surface area contributed by atoms with Gasteiger partial charge < -0.3 is 5.32 Å². The van der Waals surface area contributed by atoms with Gasteiger partial charge in [-0.25, -0.2) is 13.2 Å². The predicted molar refractivity (Wildman–Crippen MR) is 82.1 cm³/mol. The van der Waals surface area contributed by atoms with Gasteiger partial charge >= 0.3 is 0 Å². The molecule has 0 bridgehead atoms. The number of carbonyl (C=O) groups excluding carboxylic acids is 2. The second-order valence-electron chi connectivity index (χ2n) is 4.66. The number of hydrogen-bond acceptors (Lipinski definition) is 3. The van der Waals surface area contributed by atoms with Crippen molar-refractivity contribution in [3.8, 4) is 0 Å². The Labute approximate surface area is 134 Å². The minimum atomic E-state index is -0.889. The lowest BCUT2D eigenvalue weighted by Crippen LogP contribution is -2.15. The first-order valence-corrected chi connectivity index (χ1v) is 7.53. The molecule has 23 heavy (non-hydrogen) atoms. The molecule has 120 valence electrons. The lowest BCUT2D eigenvalue weighted by atomic mass is 10.1. The molecule has 2 rings (SSSR count). The molecule has 0 aliphatic rings. The number of Topliss-reactive ketones (excluding diaryl/α,β-unsaturated/α-hetero) is 1. The topological polar surface area (TPSA) is 46.2 Å². The Morgan fingerprint density at radius 3 is 2.39 bits per heavy atom. The lowest BCUT2D eigenvalue weighted by molar-refractivity contribution is -0.113. The first-order chi connectivity index (χ1) is 10.9. The zero-order chi connectivity index (χ0) is 17.0. The highest BCUT2D eigenvalue weighted by molar-refractivity contribution is 8.00. The van der Waals surface area contributed by atoms with Crippen molar-refractivity contribution in [2.45, 2.75) is 11.8 Å². The first kappa shape index (κ1) is 17.1. The van der Waals surface area contributed by atoms with Crippen LogP contribution in [0.1, 0.15) is 17.3 Å². The molecule has 3 nitrogen and oxygen atoms in total. The molecule has 2 aromatic rings. The van der Waals surface area contributed by atoms with E-state index in [0.717, 1.165) is 30.0 Å². The Morgan fingerprint density at radius 1 is 1.04 bits per heavy atom. The summed E-state index contributed by atoms with van der Waals surface area (Å²) in [5.41, 5.74) is 0.0917. The Bertz CT molecular complexity index is 765. The van der Waals surface area contributed by atoms with Gasteiger partial charge in [-0.3, -0.25) is 9.59 Å². The molecule has 0 heterocycles. The highest BCUT2D eigenvalue weighted by atomic mass is 32.2. The minimum Gasteiger partial charge on any atom is -0.323 e. The molecule has 0 aromatic heterocycles. The largest absolute Gasteiger partial charge is 0.323 e. The molecular weight excluding hydrogens is 327 g/mol. The molecule has 1 N–H and O–H groups in total. The van der Waals surface area contributed by atoms with E-state index >= 15 is 0 Å². The number of nitrogens with one attached hydrogen (secondary N) is 1. The molecule has 1 amide bonds. The van der Waals surface area contributed by atoms with Crippen LogP contribution in [0.15, 0.2) is 41.3 Å². The van der Waals surface area contributed by atoms with Crippen LogP contribution in [-0.2, 0) is 4.79 Å². The summed E-state index contributed by atoms with van der Waals surface area (Å²) < 4.78 is 40.0. The normalized spacial score (nSPS) is 10.4. The van der Waals surface area contributed by atoms with Crippen molar-refractivity contribution < 1.29 is 22.8 Å². The van der Waals surface area contributed by atoms with Crippen LogP contribution in [-0.4, -0.2) is 17.4 Å². The van der Waals surface area contributed by atoms with Crippen molar-refractivity contribution in [3.05, 3.63) is 59.4 Å². The van der Waals surface area contributed by atoms with Crippen molar-refractivity contribution in [2.75, 3.05) is 11.1 Å². The van der Waals surface area contributed by atoms with Gasteiger partial charge in [-0.15, -0.1) is 11.8 Å². The average molecular weight is 339 g/mol. The first-order valence-electron chi connectivity index (χ1n) is 6.55. The Morgan fingerprint density at radius 2 is 1.78 bits per heavy atom. The van der Waals surface area contributed by atoms with Crippen molar-refractivity contribution in [1.29, 1.82) is 0 Å². The zero-order valence-corrected chi connectivity index (χ0v) is 12.8. The fourth-order valence-corrected chi connectivity index (χ4v) is 2.48. The number of ketones is 1. The van der Waals surface area contributed by atoms with Gasteiger partial charge in [0.2, 0.25) is 5.91 Å². The average Bonchev–Trinajstić information content (AvgIpc) is 2.48. The van der Waals surface area contributed by atoms with Gasteiger partial charge in [0.1, 0.15) is 17.5 Å². The zero-order valence-electron chi connectivity index (χ0n) is 12.0. The van der Waals surface area contributed by atoms with Crippen LogP contribution in [0.25, 0.3) is 0 Å². The highest BCUT2D eigenvalue weighted by Gasteiger charge is 2.11. The third kappa shape index (κ3) is 4.59. The van der Waals surface area contributed by atoms with E-state index in [1.54, 1.807) is 0 Å². The van der Waals surface area contributed by atoms with Gasteiger partial charge in [-0.05, 0) is 31.2 Å². The minimum absolute atomic E-state index is 0.149. The standard InChI is InChI=1S/C16H12F3NO2S/c1-9(21)10-2-5-15(13(19)6-10)23-8-16(22)20-14-4-3-11(17)7-12(14)18/h2-7H,8H2,1H3,(H,20,22). The van der Waals surface area contributed by atoms with Crippen LogP contribution >= 0.6 is 11.8 Å². The van der Waals surface area contributed by atoms with Crippen molar-refractivity contribution in [3.63, 3.8) is 0 Å². The fraction of sp³-hybridized carbons (Fsp3) is 0.125. The van der Waals surface area contributed by atoms with Crippen LogP contribution in [0.4, 0.5) is 18.9 Å². The van der Waals surface area contributed by atoms with Crippen molar-refractivity contribution in [2.24, 2.45) is 0 Å². The van der Waals surface area contributed by atoms with E-state index < -0.39 is 23.4 Å². The van der Waals surface area contributed by atoms with E-state index in [2.05, 4.69) is 5.32 Å². The molecule has 0 fully saturated rings. The van der Waals surface area contributed by atoms with Gasteiger partial charge in [0.15, 0.2) is 5.78 Å². The van der Waals surface area contributed by atoms with Gasteiger partial charge in [-0.1, -0.05) is 6.07 Å². The highest BCUT2D eigenvalue weighted by Crippen LogP contribution is 2.23. The molecule has 2 aromatic carbocycles.